The first-order chi connectivity index (χ1) is 13.2. The lowest BCUT2D eigenvalue weighted by atomic mass is 10.0. The van der Waals surface area contributed by atoms with E-state index in [2.05, 4.69) is 5.10 Å². The van der Waals surface area contributed by atoms with E-state index in [0.29, 0.717) is 37.2 Å². The van der Waals surface area contributed by atoms with Crippen molar-refractivity contribution < 1.29 is 27.9 Å². The number of aromatic carboxylic acids is 1. The van der Waals surface area contributed by atoms with Crippen LogP contribution in [0, 0.1) is 6.92 Å². The lowest BCUT2D eigenvalue weighted by Crippen LogP contribution is -2.40. The summed E-state index contributed by atoms with van der Waals surface area (Å²) in [5, 5.41) is 13.3. The van der Waals surface area contributed by atoms with Crippen molar-refractivity contribution in [3.8, 4) is 0 Å². The number of hydrogen-bond donors (Lipinski definition) is 1. The molecule has 0 spiro atoms. The van der Waals surface area contributed by atoms with Gasteiger partial charge in [0.05, 0.1) is 29.9 Å². The topological polar surface area (TPSA) is 75.4 Å². The third-order valence-corrected chi connectivity index (χ3v) is 5.05. The van der Waals surface area contributed by atoms with E-state index in [4.69, 9.17) is 5.11 Å². The van der Waals surface area contributed by atoms with Gasteiger partial charge >= 0.3 is 12.1 Å². The lowest BCUT2D eigenvalue weighted by Gasteiger charge is -2.32. The van der Waals surface area contributed by atoms with Crippen LogP contribution in [0.15, 0.2) is 30.5 Å². The van der Waals surface area contributed by atoms with Crippen molar-refractivity contribution in [1.29, 1.82) is 0 Å². The number of carbonyl (C=O) groups excluding carboxylic acids is 1. The number of carboxylic acids is 1. The van der Waals surface area contributed by atoms with Crippen LogP contribution < -0.4 is 0 Å². The first kappa shape index (κ1) is 19.9. The summed E-state index contributed by atoms with van der Waals surface area (Å²) in [5.74, 6) is -1.25. The fraction of sp³-hybridized carbons (Fsp3) is 0.421. The largest absolute Gasteiger partial charge is 0.478 e. The molecule has 1 aromatic carbocycles. The highest BCUT2D eigenvalue weighted by Gasteiger charge is 2.31. The Labute approximate surface area is 159 Å². The summed E-state index contributed by atoms with van der Waals surface area (Å²) in [4.78, 5) is 25.3. The molecule has 1 saturated heterocycles. The number of hydrogen-bond acceptors (Lipinski definition) is 3. The van der Waals surface area contributed by atoms with Crippen molar-refractivity contribution in [2.45, 2.75) is 38.4 Å². The van der Waals surface area contributed by atoms with Gasteiger partial charge in [0.15, 0.2) is 0 Å². The third-order valence-electron chi connectivity index (χ3n) is 5.05. The van der Waals surface area contributed by atoms with Crippen LogP contribution in [0.4, 0.5) is 13.2 Å². The van der Waals surface area contributed by atoms with Crippen molar-refractivity contribution in [3.63, 3.8) is 0 Å². The Balaban J connectivity index is 1.61. The number of carbonyl (C=O) groups is 2. The molecule has 1 aromatic heterocycles. The van der Waals surface area contributed by atoms with E-state index in [9.17, 15) is 22.8 Å². The Kier molecular flexibility index (Phi) is 5.44. The second kappa shape index (κ2) is 7.65. The maximum Gasteiger partial charge on any atom is 0.416 e. The number of alkyl halides is 3. The van der Waals surface area contributed by atoms with Gasteiger partial charge in [-0.15, -0.1) is 0 Å². The SMILES string of the molecule is Cc1c(C(=O)O)cnn1C1CCN(C(=O)Cc2cccc(C(F)(F)F)c2)CC1. The van der Waals surface area contributed by atoms with Gasteiger partial charge in [-0.2, -0.15) is 18.3 Å². The number of halogens is 3. The summed E-state index contributed by atoms with van der Waals surface area (Å²) in [7, 11) is 0. The molecule has 0 saturated carbocycles. The van der Waals surface area contributed by atoms with Crippen molar-refractivity contribution >= 4 is 11.9 Å². The van der Waals surface area contributed by atoms with E-state index in [1.807, 2.05) is 0 Å². The standard InChI is InChI=1S/C19H20F3N3O3/c1-12-16(18(27)28)11-23-25(12)15-5-7-24(8-6-15)17(26)10-13-3-2-4-14(9-13)19(20,21)22/h2-4,9,11,15H,5-8,10H2,1H3,(H,27,28). The van der Waals surface area contributed by atoms with Gasteiger partial charge in [0.2, 0.25) is 5.91 Å². The number of likely N-dealkylation sites (tertiary alicyclic amines) is 1. The number of nitrogens with zero attached hydrogens (tertiary/aromatic N) is 3. The second-order valence-electron chi connectivity index (χ2n) is 6.88. The molecule has 2 heterocycles. The van der Waals surface area contributed by atoms with E-state index < -0.39 is 17.7 Å². The summed E-state index contributed by atoms with van der Waals surface area (Å²) in [6.45, 7) is 2.59. The summed E-state index contributed by atoms with van der Waals surface area (Å²) < 4.78 is 40.1. The van der Waals surface area contributed by atoms with Crippen molar-refractivity contribution in [3.05, 3.63) is 52.8 Å². The molecule has 0 radical (unpaired) electrons. The van der Waals surface area contributed by atoms with Crippen LogP contribution in [0.2, 0.25) is 0 Å². The third kappa shape index (κ3) is 4.18. The molecule has 0 aliphatic carbocycles. The van der Waals surface area contributed by atoms with E-state index in [0.717, 1.165) is 12.1 Å². The highest BCUT2D eigenvalue weighted by Crippen LogP contribution is 2.30. The lowest BCUT2D eigenvalue weighted by molar-refractivity contribution is -0.138. The Morgan fingerprint density at radius 2 is 1.93 bits per heavy atom. The summed E-state index contributed by atoms with van der Waals surface area (Å²) in [6.07, 6.45) is -1.99. The number of piperidine rings is 1. The molecule has 0 atom stereocenters. The van der Waals surface area contributed by atoms with Crippen LogP contribution in [-0.4, -0.2) is 44.8 Å². The minimum absolute atomic E-state index is 0.00860. The van der Waals surface area contributed by atoms with E-state index in [1.54, 1.807) is 16.5 Å². The van der Waals surface area contributed by atoms with Crippen LogP contribution in [-0.2, 0) is 17.4 Å². The molecule has 1 aliphatic rings. The second-order valence-corrected chi connectivity index (χ2v) is 6.88. The Morgan fingerprint density at radius 1 is 1.25 bits per heavy atom. The number of rotatable bonds is 4. The predicted molar refractivity (Wildman–Crippen MR) is 93.9 cm³/mol. The molecular weight excluding hydrogens is 375 g/mol. The molecule has 28 heavy (non-hydrogen) atoms. The number of benzene rings is 1. The van der Waals surface area contributed by atoms with Crippen LogP contribution in [0.1, 0.15) is 46.1 Å². The molecule has 2 aromatic rings. The summed E-state index contributed by atoms with van der Waals surface area (Å²) in [6, 6.07) is 4.80. The van der Waals surface area contributed by atoms with Crippen LogP contribution in [0.25, 0.3) is 0 Å². The molecule has 1 amide bonds. The highest BCUT2D eigenvalue weighted by molar-refractivity contribution is 5.88. The fourth-order valence-corrected chi connectivity index (χ4v) is 3.51. The van der Waals surface area contributed by atoms with Gasteiger partial charge in [-0.1, -0.05) is 18.2 Å². The molecule has 0 unspecified atom stereocenters. The molecule has 6 nitrogen and oxygen atoms in total. The van der Waals surface area contributed by atoms with Gasteiger partial charge in [0.25, 0.3) is 0 Å². The Bertz CT molecular complexity index is 884. The maximum absolute atomic E-state index is 12.8. The fourth-order valence-electron chi connectivity index (χ4n) is 3.51. The van der Waals surface area contributed by atoms with Crippen LogP contribution in [0.5, 0.6) is 0 Å². The van der Waals surface area contributed by atoms with Gasteiger partial charge in [0, 0.05) is 13.1 Å². The van der Waals surface area contributed by atoms with Crippen molar-refractivity contribution in [1.82, 2.24) is 14.7 Å². The zero-order valence-corrected chi connectivity index (χ0v) is 15.2. The average molecular weight is 395 g/mol. The van der Waals surface area contributed by atoms with E-state index in [-0.39, 0.29) is 23.9 Å². The molecule has 9 heteroatoms. The summed E-state index contributed by atoms with van der Waals surface area (Å²) >= 11 is 0. The molecule has 3 rings (SSSR count). The monoisotopic (exact) mass is 395 g/mol. The van der Waals surface area contributed by atoms with Gasteiger partial charge in [-0.3, -0.25) is 9.48 Å². The Morgan fingerprint density at radius 3 is 2.50 bits per heavy atom. The molecule has 1 aliphatic heterocycles. The van der Waals surface area contributed by atoms with Gasteiger partial charge in [-0.25, -0.2) is 4.79 Å². The average Bonchev–Trinajstić information content (AvgIpc) is 3.03. The number of amides is 1. The quantitative estimate of drug-likeness (QED) is 0.862. The Hall–Kier alpha value is -2.84. The molecule has 0 bridgehead atoms. The molecule has 1 fully saturated rings. The predicted octanol–water partition coefficient (Wildman–Crippen LogP) is 3.31. The maximum atomic E-state index is 12.8. The van der Waals surface area contributed by atoms with E-state index in [1.165, 1.54) is 18.3 Å². The molecular formula is C19H20F3N3O3. The number of carboxylic acid groups (broad SMARTS) is 1. The summed E-state index contributed by atoms with van der Waals surface area (Å²) in [5.41, 5.74) is 0.292. The normalized spacial score (nSPS) is 15.6. The highest BCUT2D eigenvalue weighted by atomic mass is 19.4. The van der Waals surface area contributed by atoms with E-state index >= 15 is 0 Å². The van der Waals surface area contributed by atoms with Crippen molar-refractivity contribution in [2.75, 3.05) is 13.1 Å². The zero-order valence-electron chi connectivity index (χ0n) is 15.2. The molecule has 150 valence electrons. The number of aromatic nitrogens is 2. The van der Waals surface area contributed by atoms with Gasteiger partial charge < -0.3 is 10.0 Å². The van der Waals surface area contributed by atoms with Gasteiger partial charge in [-0.05, 0) is 31.4 Å². The zero-order chi connectivity index (χ0) is 20.5. The van der Waals surface area contributed by atoms with Crippen molar-refractivity contribution in [2.24, 2.45) is 0 Å². The van der Waals surface area contributed by atoms with Gasteiger partial charge in [0.1, 0.15) is 5.56 Å². The smallest absolute Gasteiger partial charge is 0.416 e. The minimum atomic E-state index is -4.44. The first-order valence-electron chi connectivity index (χ1n) is 8.88. The van der Waals surface area contributed by atoms with Crippen LogP contribution in [0.3, 0.4) is 0 Å². The minimum Gasteiger partial charge on any atom is -0.478 e. The first-order valence-corrected chi connectivity index (χ1v) is 8.88. The van der Waals surface area contributed by atoms with Crippen LogP contribution >= 0.6 is 0 Å². The molecule has 1 N–H and O–H groups in total.